The van der Waals surface area contributed by atoms with Crippen molar-refractivity contribution in [2.75, 3.05) is 6.61 Å². The Kier molecular flexibility index (Phi) is 5.91. The van der Waals surface area contributed by atoms with E-state index in [0.717, 1.165) is 42.6 Å². The minimum absolute atomic E-state index is 0.304. The van der Waals surface area contributed by atoms with Gasteiger partial charge in [0.15, 0.2) is 8.32 Å². The fourth-order valence-electron chi connectivity index (χ4n) is 7.14. The van der Waals surface area contributed by atoms with Gasteiger partial charge in [0.05, 0.1) is 0 Å². The van der Waals surface area contributed by atoms with Crippen LogP contribution >= 0.6 is 0 Å². The first-order chi connectivity index (χ1) is 13.5. The van der Waals surface area contributed by atoms with Crippen molar-refractivity contribution in [2.45, 2.75) is 71.5 Å². The highest BCUT2D eigenvalue weighted by Gasteiger charge is 2.57. The Balaban J connectivity index is 1.70. The minimum Gasteiger partial charge on any atom is -0.418 e. The predicted octanol–water partition coefficient (Wildman–Crippen LogP) is 7.31. The average molecular weight is 397 g/mol. The quantitative estimate of drug-likeness (QED) is 0.410. The molecule has 2 heteroatoms. The SMILES string of the molecule is CCC(CCO[Si](C)(C)C)(C1=CC=CC1)C1C2C=CC=CC2C2CCCCC21. The van der Waals surface area contributed by atoms with Crippen molar-refractivity contribution in [3.63, 3.8) is 0 Å². The molecule has 0 radical (unpaired) electrons. The summed E-state index contributed by atoms with van der Waals surface area (Å²) in [5.74, 6) is 4.09. The Bertz CT molecular complexity index is 679. The number of hydrogen-bond acceptors (Lipinski definition) is 1. The summed E-state index contributed by atoms with van der Waals surface area (Å²) < 4.78 is 6.44. The van der Waals surface area contributed by atoms with E-state index >= 15 is 0 Å². The molecule has 0 aromatic carbocycles. The molecule has 0 aromatic rings. The van der Waals surface area contributed by atoms with E-state index in [9.17, 15) is 0 Å². The second-order valence-electron chi connectivity index (χ2n) is 10.6. The van der Waals surface area contributed by atoms with Gasteiger partial charge in [-0.3, -0.25) is 0 Å². The molecule has 0 aliphatic heterocycles. The van der Waals surface area contributed by atoms with Gasteiger partial charge in [0.25, 0.3) is 0 Å². The molecule has 4 aliphatic carbocycles. The van der Waals surface area contributed by atoms with E-state index in [4.69, 9.17) is 4.43 Å². The largest absolute Gasteiger partial charge is 0.418 e. The van der Waals surface area contributed by atoms with Crippen LogP contribution in [0.4, 0.5) is 0 Å². The van der Waals surface area contributed by atoms with E-state index in [0.29, 0.717) is 5.41 Å². The topological polar surface area (TPSA) is 9.23 Å². The second-order valence-corrected chi connectivity index (χ2v) is 15.1. The van der Waals surface area contributed by atoms with Gasteiger partial charge in [0.2, 0.25) is 0 Å². The van der Waals surface area contributed by atoms with Crippen LogP contribution < -0.4 is 0 Å². The van der Waals surface area contributed by atoms with Gasteiger partial charge >= 0.3 is 0 Å². The van der Waals surface area contributed by atoms with Crippen LogP contribution in [0.1, 0.15) is 51.9 Å². The molecule has 0 aromatic heterocycles. The van der Waals surface area contributed by atoms with Crippen molar-refractivity contribution in [3.8, 4) is 0 Å². The van der Waals surface area contributed by atoms with Gasteiger partial charge < -0.3 is 4.43 Å². The summed E-state index contributed by atoms with van der Waals surface area (Å²) in [7, 11) is -1.48. The van der Waals surface area contributed by atoms with Crippen molar-refractivity contribution in [1.29, 1.82) is 0 Å². The normalized spacial score (nSPS) is 36.1. The van der Waals surface area contributed by atoms with E-state index in [2.05, 4.69) is 69.1 Å². The van der Waals surface area contributed by atoms with Crippen LogP contribution in [0, 0.1) is 35.0 Å². The molecule has 1 nitrogen and oxygen atoms in total. The van der Waals surface area contributed by atoms with Crippen molar-refractivity contribution in [2.24, 2.45) is 35.0 Å². The number of rotatable bonds is 7. The highest BCUT2D eigenvalue weighted by atomic mass is 28.4. The highest BCUT2D eigenvalue weighted by Crippen LogP contribution is 2.63. The van der Waals surface area contributed by atoms with E-state index in [1.165, 1.54) is 38.5 Å². The van der Waals surface area contributed by atoms with Crippen LogP contribution in [0.3, 0.4) is 0 Å². The first kappa shape index (κ1) is 20.4. The van der Waals surface area contributed by atoms with Crippen LogP contribution in [-0.2, 0) is 4.43 Å². The van der Waals surface area contributed by atoms with Gasteiger partial charge in [-0.15, -0.1) is 0 Å². The molecule has 2 fully saturated rings. The van der Waals surface area contributed by atoms with Gasteiger partial charge in [-0.25, -0.2) is 0 Å². The minimum atomic E-state index is -1.48. The van der Waals surface area contributed by atoms with Crippen LogP contribution in [0.25, 0.3) is 0 Å². The van der Waals surface area contributed by atoms with Crippen molar-refractivity contribution in [3.05, 3.63) is 48.1 Å². The smallest absolute Gasteiger partial charge is 0.183 e. The zero-order chi connectivity index (χ0) is 19.8. The molecule has 154 valence electrons. The van der Waals surface area contributed by atoms with E-state index in [1.807, 2.05) is 0 Å². The maximum atomic E-state index is 6.44. The lowest BCUT2D eigenvalue weighted by Gasteiger charge is -2.47. The number of fused-ring (bicyclic) bond motifs is 3. The fourth-order valence-corrected chi connectivity index (χ4v) is 7.86. The van der Waals surface area contributed by atoms with Crippen molar-refractivity contribution >= 4 is 8.32 Å². The molecular formula is C26H40OSi. The molecule has 28 heavy (non-hydrogen) atoms. The maximum absolute atomic E-state index is 6.44. The van der Waals surface area contributed by atoms with Crippen molar-refractivity contribution < 1.29 is 4.43 Å². The summed E-state index contributed by atoms with van der Waals surface area (Å²) >= 11 is 0. The Hall–Kier alpha value is -0.863. The first-order valence-corrected chi connectivity index (χ1v) is 15.2. The van der Waals surface area contributed by atoms with Crippen LogP contribution in [-0.4, -0.2) is 14.9 Å². The Morgan fingerprint density at radius 1 is 1.00 bits per heavy atom. The highest BCUT2D eigenvalue weighted by molar-refractivity contribution is 6.69. The van der Waals surface area contributed by atoms with E-state index < -0.39 is 8.32 Å². The van der Waals surface area contributed by atoms with Gasteiger partial charge in [-0.2, -0.15) is 0 Å². The third-order valence-electron chi connectivity index (χ3n) is 8.23. The molecule has 0 heterocycles. The van der Waals surface area contributed by atoms with Crippen LogP contribution in [0.5, 0.6) is 0 Å². The Morgan fingerprint density at radius 2 is 1.71 bits per heavy atom. The third-order valence-corrected chi connectivity index (χ3v) is 9.30. The second kappa shape index (κ2) is 8.11. The summed E-state index contributed by atoms with van der Waals surface area (Å²) in [4.78, 5) is 0. The van der Waals surface area contributed by atoms with Gasteiger partial charge in [0.1, 0.15) is 0 Å². The zero-order valence-corrected chi connectivity index (χ0v) is 19.5. The molecule has 4 rings (SSSR count). The molecule has 0 saturated heterocycles. The zero-order valence-electron chi connectivity index (χ0n) is 18.5. The summed E-state index contributed by atoms with van der Waals surface area (Å²) in [5.41, 5.74) is 2.00. The lowest BCUT2D eigenvalue weighted by molar-refractivity contribution is 0.0716. The summed E-state index contributed by atoms with van der Waals surface area (Å²) in [6.45, 7) is 10.4. The molecule has 0 N–H and O–H groups in total. The van der Waals surface area contributed by atoms with Crippen molar-refractivity contribution in [1.82, 2.24) is 0 Å². The maximum Gasteiger partial charge on any atom is 0.183 e. The summed E-state index contributed by atoms with van der Waals surface area (Å²) in [5, 5.41) is 0. The number of hydrogen-bond donors (Lipinski definition) is 0. The van der Waals surface area contributed by atoms with E-state index in [1.54, 1.807) is 5.57 Å². The Morgan fingerprint density at radius 3 is 2.36 bits per heavy atom. The van der Waals surface area contributed by atoms with Gasteiger partial charge in [-0.1, -0.05) is 67.9 Å². The molecule has 0 spiro atoms. The summed E-state index contributed by atoms with van der Waals surface area (Å²) in [6.07, 6.45) is 26.3. The number of allylic oxidation sites excluding steroid dienone is 8. The van der Waals surface area contributed by atoms with Crippen LogP contribution in [0.2, 0.25) is 19.6 Å². The molecule has 2 saturated carbocycles. The molecular weight excluding hydrogens is 356 g/mol. The summed E-state index contributed by atoms with van der Waals surface area (Å²) in [6, 6.07) is 0. The monoisotopic (exact) mass is 396 g/mol. The van der Waals surface area contributed by atoms with Crippen LogP contribution in [0.15, 0.2) is 48.1 Å². The standard InChI is InChI=1S/C26H40OSi/c1-5-26(20-12-6-7-13-20,18-19-27-28(2,3)4)25-23-16-10-8-14-21(23)22-15-9-11-17-24(22)25/h6-8,10,12,14,16,21-25H,5,9,11,13,15,17-19H2,1-4H3. The molecule has 6 unspecified atom stereocenters. The van der Waals surface area contributed by atoms with E-state index in [-0.39, 0.29) is 0 Å². The van der Waals surface area contributed by atoms with Gasteiger partial charge in [0, 0.05) is 6.61 Å². The molecule has 6 atom stereocenters. The Labute approximate surface area is 174 Å². The average Bonchev–Trinajstić information content (AvgIpc) is 3.32. The molecule has 4 aliphatic rings. The predicted molar refractivity (Wildman–Crippen MR) is 123 cm³/mol. The van der Waals surface area contributed by atoms with Gasteiger partial charge in [-0.05, 0) is 86.7 Å². The third kappa shape index (κ3) is 3.67. The molecule has 0 bridgehead atoms. The lowest BCUT2D eigenvalue weighted by Crippen LogP contribution is -2.41. The molecule has 0 amide bonds. The fraction of sp³-hybridized carbons (Fsp3) is 0.692. The first-order valence-electron chi connectivity index (χ1n) is 11.8. The lowest BCUT2D eigenvalue weighted by atomic mass is 9.58.